The first kappa shape index (κ1) is 21.3. The molecule has 6 heteroatoms. The molecule has 1 aromatic carbocycles. The van der Waals surface area contributed by atoms with E-state index in [2.05, 4.69) is 22.4 Å². The molecule has 0 saturated carbocycles. The lowest BCUT2D eigenvalue weighted by Gasteiger charge is -2.35. The van der Waals surface area contributed by atoms with E-state index >= 15 is 0 Å². The molecule has 1 N–H and O–H groups in total. The SMILES string of the molecule is CC(C)[C@@H](NC(=O)Cc1ccccn1)C(=O)N1CCC(c2ccc(Cl)cc2)CC1. The smallest absolute Gasteiger partial charge is 0.245 e. The number of amides is 2. The lowest BCUT2D eigenvalue weighted by Crippen LogP contribution is -2.53. The fourth-order valence-electron chi connectivity index (χ4n) is 3.77. The summed E-state index contributed by atoms with van der Waals surface area (Å²) >= 11 is 5.98. The average Bonchev–Trinajstić information content (AvgIpc) is 2.73. The summed E-state index contributed by atoms with van der Waals surface area (Å²) in [7, 11) is 0. The van der Waals surface area contributed by atoms with Crippen molar-refractivity contribution >= 4 is 23.4 Å². The van der Waals surface area contributed by atoms with Gasteiger partial charge in [-0.2, -0.15) is 0 Å². The van der Waals surface area contributed by atoms with Crippen LogP contribution in [0.4, 0.5) is 0 Å². The maximum atomic E-state index is 13.1. The molecule has 5 nitrogen and oxygen atoms in total. The summed E-state index contributed by atoms with van der Waals surface area (Å²) in [6.07, 6.45) is 3.68. The Morgan fingerprint density at radius 2 is 1.83 bits per heavy atom. The van der Waals surface area contributed by atoms with E-state index in [1.54, 1.807) is 6.20 Å². The lowest BCUT2D eigenvalue weighted by atomic mass is 9.89. The highest BCUT2D eigenvalue weighted by molar-refractivity contribution is 6.30. The van der Waals surface area contributed by atoms with Crippen molar-refractivity contribution in [2.75, 3.05) is 13.1 Å². The summed E-state index contributed by atoms with van der Waals surface area (Å²) in [5.41, 5.74) is 1.97. The molecule has 1 aromatic heterocycles. The monoisotopic (exact) mass is 413 g/mol. The van der Waals surface area contributed by atoms with Crippen molar-refractivity contribution in [3.8, 4) is 0 Å². The van der Waals surface area contributed by atoms with E-state index in [1.807, 2.05) is 49.1 Å². The molecule has 0 spiro atoms. The molecule has 154 valence electrons. The molecule has 0 bridgehead atoms. The third-order valence-electron chi connectivity index (χ3n) is 5.47. The van der Waals surface area contributed by atoms with Crippen molar-refractivity contribution in [1.82, 2.24) is 15.2 Å². The van der Waals surface area contributed by atoms with Crippen LogP contribution in [0.1, 0.15) is 43.9 Å². The molecule has 2 aromatic rings. The third kappa shape index (κ3) is 5.80. The second-order valence-corrected chi connectivity index (χ2v) is 8.37. The van der Waals surface area contributed by atoms with Gasteiger partial charge in [0.05, 0.1) is 6.42 Å². The van der Waals surface area contributed by atoms with E-state index in [0.29, 0.717) is 24.7 Å². The highest BCUT2D eigenvalue weighted by Gasteiger charge is 2.31. The fraction of sp³-hybridized carbons (Fsp3) is 0.435. The van der Waals surface area contributed by atoms with Gasteiger partial charge in [0.1, 0.15) is 6.04 Å². The summed E-state index contributed by atoms with van der Waals surface area (Å²) < 4.78 is 0. The van der Waals surface area contributed by atoms with Gasteiger partial charge in [-0.05, 0) is 54.5 Å². The molecule has 1 atom stereocenters. The second-order valence-electron chi connectivity index (χ2n) is 7.94. The zero-order valence-corrected chi connectivity index (χ0v) is 17.7. The van der Waals surface area contributed by atoms with E-state index in [4.69, 9.17) is 11.6 Å². The van der Waals surface area contributed by atoms with Crippen LogP contribution in [0, 0.1) is 5.92 Å². The van der Waals surface area contributed by atoms with Crippen molar-refractivity contribution < 1.29 is 9.59 Å². The second kappa shape index (κ2) is 9.88. The number of hydrogen-bond donors (Lipinski definition) is 1. The summed E-state index contributed by atoms with van der Waals surface area (Å²) in [5.74, 6) is 0.285. The number of benzene rings is 1. The quantitative estimate of drug-likeness (QED) is 0.782. The predicted octanol–water partition coefficient (Wildman–Crippen LogP) is 3.82. The van der Waals surface area contributed by atoms with Crippen molar-refractivity contribution in [2.24, 2.45) is 5.92 Å². The van der Waals surface area contributed by atoms with Gasteiger partial charge in [-0.3, -0.25) is 14.6 Å². The molecule has 29 heavy (non-hydrogen) atoms. The van der Waals surface area contributed by atoms with Crippen LogP contribution in [0.15, 0.2) is 48.7 Å². The summed E-state index contributed by atoms with van der Waals surface area (Å²) in [6, 6.07) is 12.9. The largest absolute Gasteiger partial charge is 0.344 e. The minimum atomic E-state index is -0.515. The van der Waals surface area contributed by atoms with Gasteiger partial charge < -0.3 is 10.2 Å². The first-order valence-electron chi connectivity index (χ1n) is 10.2. The Balaban J connectivity index is 1.56. The minimum Gasteiger partial charge on any atom is -0.344 e. The molecule has 1 aliphatic rings. The number of nitrogens with zero attached hydrogens (tertiary/aromatic N) is 2. The Labute approximate surface area is 177 Å². The van der Waals surface area contributed by atoms with Gasteiger partial charge in [-0.25, -0.2) is 0 Å². The van der Waals surface area contributed by atoms with Crippen molar-refractivity contribution in [1.29, 1.82) is 0 Å². The van der Waals surface area contributed by atoms with Gasteiger partial charge in [-0.15, -0.1) is 0 Å². The van der Waals surface area contributed by atoms with Crippen molar-refractivity contribution in [3.05, 3.63) is 64.9 Å². The van der Waals surface area contributed by atoms with E-state index in [9.17, 15) is 9.59 Å². The zero-order valence-electron chi connectivity index (χ0n) is 17.0. The molecular formula is C23H28ClN3O2. The van der Waals surface area contributed by atoms with Crippen LogP contribution >= 0.6 is 11.6 Å². The molecule has 0 unspecified atom stereocenters. The molecule has 0 radical (unpaired) electrons. The normalized spacial score (nSPS) is 15.9. The standard InChI is InChI=1S/C23H28ClN3O2/c1-16(2)22(26-21(28)15-20-5-3-4-12-25-20)23(29)27-13-10-18(11-14-27)17-6-8-19(24)9-7-17/h3-9,12,16,18,22H,10-11,13-15H2,1-2H3,(H,26,28)/t22-/m1/s1. The predicted molar refractivity (Wildman–Crippen MR) is 115 cm³/mol. The van der Waals surface area contributed by atoms with E-state index in [0.717, 1.165) is 17.9 Å². The van der Waals surface area contributed by atoms with Crippen LogP contribution in [-0.4, -0.2) is 40.8 Å². The number of nitrogens with one attached hydrogen (secondary N) is 1. The van der Waals surface area contributed by atoms with E-state index in [1.165, 1.54) is 5.56 Å². The number of aromatic nitrogens is 1. The number of carbonyl (C=O) groups is 2. The minimum absolute atomic E-state index is 0.00364. The van der Waals surface area contributed by atoms with Crippen molar-refractivity contribution in [2.45, 2.75) is 45.1 Å². The number of rotatable bonds is 6. The maximum Gasteiger partial charge on any atom is 0.245 e. The van der Waals surface area contributed by atoms with Crippen LogP contribution in [0.2, 0.25) is 5.02 Å². The highest BCUT2D eigenvalue weighted by atomic mass is 35.5. The van der Waals surface area contributed by atoms with E-state index in [-0.39, 0.29) is 24.2 Å². The first-order chi connectivity index (χ1) is 13.9. The topological polar surface area (TPSA) is 62.3 Å². The maximum absolute atomic E-state index is 13.1. The Kier molecular flexibility index (Phi) is 7.26. The molecule has 1 fully saturated rings. The molecule has 1 saturated heterocycles. The van der Waals surface area contributed by atoms with Crippen LogP contribution in [0.5, 0.6) is 0 Å². The average molecular weight is 414 g/mol. The number of hydrogen-bond acceptors (Lipinski definition) is 3. The van der Waals surface area contributed by atoms with Gasteiger partial charge in [0.25, 0.3) is 0 Å². The number of likely N-dealkylation sites (tertiary alicyclic amines) is 1. The Morgan fingerprint density at radius 1 is 1.14 bits per heavy atom. The van der Waals surface area contributed by atoms with Crippen molar-refractivity contribution in [3.63, 3.8) is 0 Å². The fourth-order valence-corrected chi connectivity index (χ4v) is 3.90. The lowest BCUT2D eigenvalue weighted by molar-refractivity contribution is -0.138. The molecule has 3 rings (SSSR count). The Morgan fingerprint density at radius 3 is 2.41 bits per heavy atom. The highest BCUT2D eigenvalue weighted by Crippen LogP contribution is 2.29. The molecule has 2 heterocycles. The zero-order chi connectivity index (χ0) is 20.8. The van der Waals surface area contributed by atoms with Gasteiger partial charge in [0.15, 0.2) is 0 Å². The molecular weight excluding hydrogens is 386 g/mol. The Bertz CT molecular complexity index is 816. The van der Waals surface area contributed by atoms with Gasteiger partial charge >= 0.3 is 0 Å². The number of carbonyl (C=O) groups excluding carboxylic acids is 2. The van der Waals surface area contributed by atoms with Gasteiger partial charge in [0.2, 0.25) is 11.8 Å². The number of pyridine rings is 1. The summed E-state index contributed by atoms with van der Waals surface area (Å²) in [5, 5.41) is 3.66. The number of piperidine rings is 1. The van der Waals surface area contributed by atoms with Gasteiger partial charge in [-0.1, -0.05) is 43.6 Å². The first-order valence-corrected chi connectivity index (χ1v) is 10.6. The molecule has 1 aliphatic heterocycles. The van der Waals surface area contributed by atoms with Gasteiger partial charge in [0, 0.05) is 30.0 Å². The molecule has 0 aliphatic carbocycles. The van der Waals surface area contributed by atoms with E-state index < -0.39 is 6.04 Å². The number of halogens is 1. The van der Waals surface area contributed by atoms with Crippen LogP contribution in [-0.2, 0) is 16.0 Å². The summed E-state index contributed by atoms with van der Waals surface area (Å²) in [6.45, 7) is 5.32. The summed E-state index contributed by atoms with van der Waals surface area (Å²) in [4.78, 5) is 31.6. The third-order valence-corrected chi connectivity index (χ3v) is 5.72. The van der Waals surface area contributed by atoms with Crippen LogP contribution in [0.3, 0.4) is 0 Å². The molecule has 2 amide bonds. The van der Waals surface area contributed by atoms with Crippen LogP contribution < -0.4 is 5.32 Å². The van der Waals surface area contributed by atoms with Crippen LogP contribution in [0.25, 0.3) is 0 Å². The Hall–Kier alpha value is -2.40.